The van der Waals surface area contributed by atoms with Crippen molar-refractivity contribution in [2.75, 3.05) is 7.05 Å². The fraction of sp³-hybridized carbons (Fsp3) is 0.200. The summed E-state index contributed by atoms with van der Waals surface area (Å²) in [5, 5.41) is 0.241. The molecule has 0 saturated heterocycles. The first-order valence-corrected chi connectivity index (χ1v) is 9.27. The quantitative estimate of drug-likeness (QED) is 0.634. The van der Waals surface area contributed by atoms with Crippen LogP contribution in [0.25, 0.3) is 11.3 Å². The van der Waals surface area contributed by atoms with Crippen LogP contribution >= 0.6 is 11.8 Å². The van der Waals surface area contributed by atoms with Crippen LogP contribution in [0.15, 0.2) is 59.9 Å². The molecule has 3 aromatic rings. The third-order valence-electron chi connectivity index (χ3n) is 4.03. The molecule has 1 heterocycles. The molecule has 27 heavy (non-hydrogen) atoms. The van der Waals surface area contributed by atoms with E-state index in [9.17, 15) is 13.6 Å². The van der Waals surface area contributed by atoms with E-state index in [1.807, 2.05) is 0 Å². The summed E-state index contributed by atoms with van der Waals surface area (Å²) in [5.41, 5.74) is 2.31. The molecule has 0 radical (unpaired) electrons. The van der Waals surface area contributed by atoms with Gasteiger partial charge < -0.3 is 9.88 Å². The molecule has 7 heteroatoms. The van der Waals surface area contributed by atoms with Gasteiger partial charge in [0.1, 0.15) is 11.6 Å². The van der Waals surface area contributed by atoms with Gasteiger partial charge in [0.05, 0.1) is 17.1 Å². The van der Waals surface area contributed by atoms with Crippen molar-refractivity contribution < 1.29 is 13.6 Å². The maximum Gasteiger partial charge on any atom is 0.235 e. The highest BCUT2D eigenvalue weighted by molar-refractivity contribution is 8.00. The van der Waals surface area contributed by atoms with Crippen LogP contribution < -0.4 is 0 Å². The Morgan fingerprint density at radius 1 is 1.19 bits per heavy atom. The maximum atomic E-state index is 13.3. The predicted octanol–water partition coefficient (Wildman–Crippen LogP) is 4.49. The van der Waals surface area contributed by atoms with E-state index in [0.717, 1.165) is 16.8 Å². The normalized spacial score (nSPS) is 12.0. The molecule has 0 saturated carbocycles. The molecule has 0 bridgehead atoms. The first-order valence-electron chi connectivity index (χ1n) is 8.39. The van der Waals surface area contributed by atoms with E-state index in [1.165, 1.54) is 36.0 Å². The molecule has 1 amide bonds. The average Bonchev–Trinajstić information content (AvgIpc) is 3.10. The number of halogens is 2. The molecule has 4 nitrogen and oxygen atoms in total. The van der Waals surface area contributed by atoms with Gasteiger partial charge >= 0.3 is 0 Å². The van der Waals surface area contributed by atoms with Crippen molar-refractivity contribution in [1.82, 2.24) is 14.9 Å². The van der Waals surface area contributed by atoms with Crippen molar-refractivity contribution in [1.29, 1.82) is 0 Å². The molecule has 1 aromatic heterocycles. The van der Waals surface area contributed by atoms with Crippen molar-refractivity contribution in [3.63, 3.8) is 0 Å². The fourth-order valence-corrected chi connectivity index (χ4v) is 3.55. The van der Waals surface area contributed by atoms with Crippen molar-refractivity contribution in [2.24, 2.45) is 0 Å². The number of aromatic amines is 1. The monoisotopic (exact) mass is 387 g/mol. The molecule has 1 unspecified atom stereocenters. The van der Waals surface area contributed by atoms with Gasteiger partial charge in [-0.3, -0.25) is 4.79 Å². The molecule has 0 aliphatic carbocycles. The number of carbonyl (C=O) groups excluding carboxylic acids is 1. The van der Waals surface area contributed by atoms with Gasteiger partial charge in [-0.1, -0.05) is 23.9 Å². The lowest BCUT2D eigenvalue weighted by molar-refractivity contribution is -0.129. The van der Waals surface area contributed by atoms with Gasteiger partial charge in [0.15, 0.2) is 5.16 Å². The Morgan fingerprint density at radius 3 is 2.63 bits per heavy atom. The highest BCUT2D eigenvalue weighted by Crippen LogP contribution is 2.25. The van der Waals surface area contributed by atoms with Gasteiger partial charge in [0, 0.05) is 13.6 Å². The maximum absolute atomic E-state index is 13.3. The van der Waals surface area contributed by atoms with Gasteiger partial charge in [-0.2, -0.15) is 0 Å². The highest BCUT2D eigenvalue weighted by Gasteiger charge is 2.20. The molecule has 0 spiro atoms. The van der Waals surface area contributed by atoms with Crippen molar-refractivity contribution in [3.05, 3.63) is 71.9 Å². The minimum Gasteiger partial charge on any atom is -0.340 e. The van der Waals surface area contributed by atoms with Gasteiger partial charge in [0.2, 0.25) is 5.91 Å². The molecule has 1 N–H and O–H groups in total. The standard InChI is InChI=1S/C20H19F2N3OS/c1-13(19(26)25(2)12-14-4-3-5-17(22)10-14)27-20-23-11-18(24-20)15-6-8-16(21)9-7-15/h3-11,13H,12H2,1-2H3,(H,23,24). The summed E-state index contributed by atoms with van der Waals surface area (Å²) in [4.78, 5) is 21.6. The number of carbonyl (C=O) groups is 1. The van der Waals surface area contributed by atoms with Gasteiger partial charge in [-0.25, -0.2) is 13.8 Å². The zero-order valence-electron chi connectivity index (χ0n) is 14.9. The molecule has 140 valence electrons. The van der Waals surface area contributed by atoms with Crippen molar-refractivity contribution >= 4 is 17.7 Å². The molecule has 2 aromatic carbocycles. The van der Waals surface area contributed by atoms with Crippen molar-refractivity contribution in [2.45, 2.75) is 23.9 Å². The van der Waals surface area contributed by atoms with Crippen LogP contribution in [0.2, 0.25) is 0 Å². The third kappa shape index (κ3) is 4.95. The van der Waals surface area contributed by atoms with Crippen LogP contribution in [0.1, 0.15) is 12.5 Å². The number of nitrogens with zero attached hydrogens (tertiary/aromatic N) is 2. The Labute approximate surface area is 160 Å². The van der Waals surface area contributed by atoms with Gasteiger partial charge in [-0.05, 0) is 54.4 Å². The Balaban J connectivity index is 1.61. The molecule has 3 rings (SSSR count). The minimum atomic E-state index is -0.365. The van der Waals surface area contributed by atoms with E-state index in [-0.39, 0.29) is 22.8 Å². The number of amides is 1. The van der Waals surface area contributed by atoms with Crippen LogP contribution in [0.3, 0.4) is 0 Å². The van der Waals surface area contributed by atoms with Crippen LogP contribution in [-0.2, 0) is 11.3 Å². The van der Waals surface area contributed by atoms with Gasteiger partial charge in [-0.15, -0.1) is 0 Å². The first-order chi connectivity index (χ1) is 12.9. The van der Waals surface area contributed by atoms with Crippen LogP contribution in [0.5, 0.6) is 0 Å². The summed E-state index contributed by atoms with van der Waals surface area (Å²) >= 11 is 1.31. The lowest BCUT2D eigenvalue weighted by Gasteiger charge is -2.20. The first kappa shape index (κ1) is 19.1. The van der Waals surface area contributed by atoms with Crippen LogP contribution in [0, 0.1) is 11.6 Å². The molecule has 0 fully saturated rings. The summed E-state index contributed by atoms with van der Waals surface area (Å²) in [6.45, 7) is 2.13. The summed E-state index contributed by atoms with van der Waals surface area (Å²) in [5.74, 6) is -0.697. The lowest BCUT2D eigenvalue weighted by atomic mass is 10.2. The number of benzene rings is 2. The molecular weight excluding hydrogens is 368 g/mol. The van der Waals surface area contributed by atoms with E-state index in [4.69, 9.17) is 0 Å². The topological polar surface area (TPSA) is 49.0 Å². The molecule has 1 atom stereocenters. The smallest absolute Gasteiger partial charge is 0.235 e. The zero-order valence-corrected chi connectivity index (χ0v) is 15.8. The summed E-state index contributed by atoms with van der Waals surface area (Å²) in [6, 6.07) is 12.3. The highest BCUT2D eigenvalue weighted by atomic mass is 32.2. The largest absolute Gasteiger partial charge is 0.340 e. The second-order valence-electron chi connectivity index (χ2n) is 6.19. The minimum absolute atomic E-state index is 0.0796. The Morgan fingerprint density at radius 2 is 1.93 bits per heavy atom. The summed E-state index contributed by atoms with van der Waals surface area (Å²) in [6.07, 6.45) is 1.66. The number of imidazole rings is 1. The summed E-state index contributed by atoms with van der Waals surface area (Å²) < 4.78 is 26.3. The molecular formula is C20H19F2N3OS. The average molecular weight is 387 g/mol. The number of H-pyrrole nitrogens is 1. The Bertz CT molecular complexity index is 927. The zero-order chi connectivity index (χ0) is 19.4. The number of aromatic nitrogens is 2. The van der Waals surface area contributed by atoms with E-state index < -0.39 is 0 Å². The van der Waals surface area contributed by atoms with Crippen molar-refractivity contribution in [3.8, 4) is 11.3 Å². The van der Waals surface area contributed by atoms with E-state index in [2.05, 4.69) is 9.97 Å². The number of hydrogen-bond donors (Lipinski definition) is 1. The van der Waals surface area contributed by atoms with E-state index in [1.54, 1.807) is 49.3 Å². The molecule has 0 aliphatic heterocycles. The Kier molecular flexibility index (Phi) is 5.91. The summed E-state index contributed by atoms with van der Waals surface area (Å²) in [7, 11) is 1.69. The van der Waals surface area contributed by atoms with Crippen LogP contribution in [-0.4, -0.2) is 33.1 Å². The van der Waals surface area contributed by atoms with Gasteiger partial charge in [0.25, 0.3) is 0 Å². The lowest BCUT2D eigenvalue weighted by Crippen LogP contribution is -2.32. The Hall–Kier alpha value is -2.67. The second-order valence-corrected chi connectivity index (χ2v) is 7.52. The fourth-order valence-electron chi connectivity index (χ4n) is 2.65. The number of nitrogens with one attached hydrogen (secondary N) is 1. The number of rotatable bonds is 6. The SMILES string of the molecule is CC(Sc1ncc(-c2ccc(F)cc2)[nH]1)C(=O)N(C)Cc1cccc(F)c1. The number of hydrogen-bond acceptors (Lipinski definition) is 3. The van der Waals surface area contributed by atoms with E-state index >= 15 is 0 Å². The van der Waals surface area contributed by atoms with E-state index in [0.29, 0.717) is 11.7 Å². The second kappa shape index (κ2) is 8.35. The number of thioether (sulfide) groups is 1. The third-order valence-corrected chi connectivity index (χ3v) is 5.01. The van der Waals surface area contributed by atoms with Crippen LogP contribution in [0.4, 0.5) is 8.78 Å². The molecule has 0 aliphatic rings. The predicted molar refractivity (Wildman–Crippen MR) is 102 cm³/mol.